The summed E-state index contributed by atoms with van der Waals surface area (Å²) < 4.78 is 0. The van der Waals surface area contributed by atoms with Crippen molar-refractivity contribution in [2.24, 2.45) is 0 Å². The van der Waals surface area contributed by atoms with Crippen molar-refractivity contribution in [2.75, 3.05) is 24.5 Å². The summed E-state index contributed by atoms with van der Waals surface area (Å²) >= 11 is 0. The Hall–Kier alpha value is -2.04. The van der Waals surface area contributed by atoms with Crippen molar-refractivity contribution >= 4 is 17.6 Å². The molecule has 0 fully saturated rings. The Bertz CT molecular complexity index is 420. The van der Waals surface area contributed by atoms with Crippen LogP contribution in [0.15, 0.2) is 30.3 Å². The zero-order chi connectivity index (χ0) is 14.8. The Morgan fingerprint density at radius 1 is 1.15 bits per heavy atom. The van der Waals surface area contributed by atoms with Crippen LogP contribution in [-0.2, 0) is 4.79 Å². The van der Waals surface area contributed by atoms with Gasteiger partial charge in [-0.05, 0) is 25.5 Å². The highest BCUT2D eigenvalue weighted by Crippen LogP contribution is 2.11. The zero-order valence-electron chi connectivity index (χ0n) is 12.2. The van der Waals surface area contributed by atoms with Gasteiger partial charge in [0.15, 0.2) is 0 Å². The van der Waals surface area contributed by atoms with Crippen LogP contribution in [0.1, 0.15) is 26.7 Å². The number of para-hydroxylation sites is 1. The second-order valence-corrected chi connectivity index (χ2v) is 4.51. The van der Waals surface area contributed by atoms with E-state index < -0.39 is 6.03 Å². The fraction of sp³-hybridized carbons (Fsp3) is 0.467. The Labute approximate surface area is 120 Å². The molecule has 1 rings (SSSR count). The molecule has 20 heavy (non-hydrogen) atoms. The first-order valence-corrected chi connectivity index (χ1v) is 7.05. The van der Waals surface area contributed by atoms with Crippen molar-refractivity contribution in [1.29, 1.82) is 0 Å². The third kappa shape index (κ3) is 5.73. The van der Waals surface area contributed by atoms with Gasteiger partial charge in [-0.25, -0.2) is 4.79 Å². The first-order valence-electron chi connectivity index (χ1n) is 7.05. The Morgan fingerprint density at radius 2 is 1.85 bits per heavy atom. The summed E-state index contributed by atoms with van der Waals surface area (Å²) in [5.41, 5.74) is 0.969. The van der Waals surface area contributed by atoms with Gasteiger partial charge >= 0.3 is 6.03 Å². The second-order valence-electron chi connectivity index (χ2n) is 4.51. The normalized spacial score (nSPS) is 9.90. The van der Waals surface area contributed by atoms with Gasteiger partial charge < -0.3 is 10.2 Å². The van der Waals surface area contributed by atoms with E-state index in [1.807, 2.05) is 49.1 Å². The highest BCUT2D eigenvalue weighted by Gasteiger charge is 2.12. The molecule has 0 aromatic heterocycles. The molecular formula is C15H23N3O2. The van der Waals surface area contributed by atoms with E-state index in [-0.39, 0.29) is 12.5 Å². The highest BCUT2D eigenvalue weighted by molar-refractivity contribution is 5.96. The summed E-state index contributed by atoms with van der Waals surface area (Å²) in [6, 6.07) is 9.24. The van der Waals surface area contributed by atoms with Crippen LogP contribution >= 0.6 is 0 Å². The molecule has 0 heterocycles. The van der Waals surface area contributed by atoms with Crippen LogP contribution in [-0.4, -0.2) is 31.6 Å². The molecule has 3 amide bonds. The molecule has 0 bridgehead atoms. The lowest BCUT2D eigenvalue weighted by Gasteiger charge is -2.22. The summed E-state index contributed by atoms with van der Waals surface area (Å²) in [5.74, 6) is -0.301. The summed E-state index contributed by atoms with van der Waals surface area (Å²) in [7, 11) is 0. The average molecular weight is 277 g/mol. The van der Waals surface area contributed by atoms with Gasteiger partial charge in [0.1, 0.15) is 0 Å². The van der Waals surface area contributed by atoms with Crippen molar-refractivity contribution < 1.29 is 9.59 Å². The lowest BCUT2D eigenvalue weighted by atomic mass is 10.3. The minimum absolute atomic E-state index is 0.168. The predicted molar refractivity (Wildman–Crippen MR) is 80.8 cm³/mol. The first-order chi connectivity index (χ1) is 9.67. The number of carbonyl (C=O) groups is 2. The maximum absolute atomic E-state index is 11.8. The van der Waals surface area contributed by atoms with Gasteiger partial charge in [-0.15, -0.1) is 0 Å². The van der Waals surface area contributed by atoms with Crippen LogP contribution in [0.25, 0.3) is 0 Å². The van der Waals surface area contributed by atoms with Crippen LogP contribution in [0, 0.1) is 0 Å². The van der Waals surface area contributed by atoms with Gasteiger partial charge in [0.2, 0.25) is 5.91 Å². The molecule has 0 aliphatic rings. The van der Waals surface area contributed by atoms with E-state index in [9.17, 15) is 9.59 Å². The fourth-order valence-corrected chi connectivity index (χ4v) is 1.79. The Kier molecular flexibility index (Phi) is 7.17. The smallest absolute Gasteiger partial charge is 0.321 e. The molecule has 0 saturated heterocycles. The average Bonchev–Trinajstić information content (AvgIpc) is 2.46. The summed E-state index contributed by atoms with van der Waals surface area (Å²) in [6.45, 7) is 5.48. The second kappa shape index (κ2) is 8.96. The Morgan fingerprint density at radius 3 is 2.45 bits per heavy atom. The van der Waals surface area contributed by atoms with Crippen LogP contribution < -0.4 is 15.5 Å². The lowest BCUT2D eigenvalue weighted by Crippen LogP contribution is -2.44. The number of imide groups is 1. The fourth-order valence-electron chi connectivity index (χ4n) is 1.79. The predicted octanol–water partition coefficient (Wildman–Crippen LogP) is 2.14. The molecule has 0 aliphatic carbocycles. The molecule has 5 nitrogen and oxygen atoms in total. The monoisotopic (exact) mass is 277 g/mol. The first kappa shape index (κ1) is 16.0. The number of nitrogens with zero attached hydrogens (tertiary/aromatic N) is 1. The third-order valence-electron chi connectivity index (χ3n) is 2.91. The van der Waals surface area contributed by atoms with Crippen LogP contribution in [0.5, 0.6) is 0 Å². The van der Waals surface area contributed by atoms with Gasteiger partial charge in [-0.2, -0.15) is 0 Å². The maximum atomic E-state index is 11.8. The molecule has 1 aromatic rings. The maximum Gasteiger partial charge on any atom is 0.321 e. The van der Waals surface area contributed by atoms with Gasteiger partial charge in [0, 0.05) is 18.8 Å². The summed E-state index contributed by atoms with van der Waals surface area (Å²) in [4.78, 5) is 25.2. The molecule has 0 aliphatic heterocycles. The van der Waals surface area contributed by atoms with Gasteiger partial charge in [-0.1, -0.05) is 31.5 Å². The van der Waals surface area contributed by atoms with E-state index in [4.69, 9.17) is 0 Å². The molecule has 0 unspecified atom stereocenters. The van der Waals surface area contributed by atoms with Gasteiger partial charge in [-0.3, -0.25) is 10.1 Å². The van der Waals surface area contributed by atoms with E-state index in [1.165, 1.54) is 0 Å². The number of rotatable bonds is 7. The number of nitrogens with one attached hydrogen (secondary N) is 2. The lowest BCUT2D eigenvalue weighted by molar-refractivity contribution is -0.118. The molecular weight excluding hydrogens is 254 g/mol. The molecule has 0 atom stereocenters. The molecule has 5 heteroatoms. The number of anilines is 1. The minimum Gasteiger partial charge on any atom is -0.362 e. The van der Waals surface area contributed by atoms with Crippen molar-refractivity contribution in [3.05, 3.63) is 30.3 Å². The number of urea groups is 1. The summed E-state index contributed by atoms with van der Waals surface area (Å²) in [6.07, 6.45) is 1.92. The van der Waals surface area contributed by atoms with Crippen LogP contribution in [0.2, 0.25) is 0 Å². The Balaban J connectivity index is 2.42. The van der Waals surface area contributed by atoms with Crippen molar-refractivity contribution in [1.82, 2.24) is 10.6 Å². The topological polar surface area (TPSA) is 61.4 Å². The number of hydrogen-bond acceptors (Lipinski definition) is 3. The number of unbranched alkanes of at least 4 members (excludes halogenated alkanes) is 1. The third-order valence-corrected chi connectivity index (χ3v) is 2.91. The molecule has 110 valence electrons. The number of amides is 3. The quantitative estimate of drug-likeness (QED) is 0.751. The largest absolute Gasteiger partial charge is 0.362 e. The molecule has 0 saturated carbocycles. The molecule has 0 spiro atoms. The van der Waals surface area contributed by atoms with Crippen LogP contribution in [0.4, 0.5) is 10.5 Å². The zero-order valence-corrected chi connectivity index (χ0v) is 12.2. The van der Waals surface area contributed by atoms with Crippen molar-refractivity contribution in [2.45, 2.75) is 26.7 Å². The molecule has 0 radical (unpaired) electrons. The molecule has 2 N–H and O–H groups in total. The number of benzene rings is 1. The van der Waals surface area contributed by atoms with Crippen molar-refractivity contribution in [3.63, 3.8) is 0 Å². The minimum atomic E-state index is -0.424. The number of likely N-dealkylation sites (N-methyl/N-ethyl adjacent to an activating group) is 1. The van der Waals surface area contributed by atoms with Gasteiger partial charge in [0.05, 0.1) is 6.54 Å². The van der Waals surface area contributed by atoms with E-state index in [1.54, 1.807) is 0 Å². The summed E-state index contributed by atoms with van der Waals surface area (Å²) in [5, 5.41) is 5.00. The molecule has 1 aromatic carbocycles. The van der Waals surface area contributed by atoms with E-state index in [0.29, 0.717) is 13.1 Å². The SMILES string of the molecule is CCCCNC(=O)NC(=O)CN(CC)c1ccccc1. The van der Waals surface area contributed by atoms with E-state index in [2.05, 4.69) is 10.6 Å². The standard InChI is InChI=1S/C15H23N3O2/c1-3-5-11-16-15(20)17-14(19)12-18(4-2)13-9-7-6-8-10-13/h6-10H,3-5,11-12H2,1-2H3,(H2,16,17,19,20). The number of hydrogen-bond donors (Lipinski definition) is 2. The number of carbonyl (C=O) groups excluding carboxylic acids is 2. The van der Waals surface area contributed by atoms with Crippen LogP contribution in [0.3, 0.4) is 0 Å². The van der Waals surface area contributed by atoms with Crippen molar-refractivity contribution in [3.8, 4) is 0 Å². The van der Waals surface area contributed by atoms with E-state index >= 15 is 0 Å². The van der Waals surface area contributed by atoms with Gasteiger partial charge in [0.25, 0.3) is 0 Å². The van der Waals surface area contributed by atoms with E-state index in [0.717, 1.165) is 18.5 Å². The highest BCUT2D eigenvalue weighted by atomic mass is 16.2.